The number of amides is 1. The van der Waals surface area contributed by atoms with E-state index in [9.17, 15) is 13.6 Å². The zero-order chi connectivity index (χ0) is 18.6. The third-order valence-electron chi connectivity index (χ3n) is 5.11. The number of rotatable bonds is 6. The summed E-state index contributed by atoms with van der Waals surface area (Å²) in [6.45, 7) is -2.36. The maximum atomic E-state index is 13.0. The Labute approximate surface area is 156 Å². The highest BCUT2D eigenvalue weighted by Gasteiger charge is 2.41. The Hall–Kier alpha value is -1.95. The molecular formula is C19H22ClF2N3O. The molecule has 1 aromatic heterocycles. The molecule has 0 saturated heterocycles. The summed E-state index contributed by atoms with van der Waals surface area (Å²) in [5.41, 5.74) is 0.331. The van der Waals surface area contributed by atoms with Crippen LogP contribution in [-0.4, -0.2) is 22.0 Å². The van der Waals surface area contributed by atoms with Crippen LogP contribution < -0.4 is 5.32 Å². The van der Waals surface area contributed by atoms with Gasteiger partial charge in [-0.2, -0.15) is 8.78 Å². The first-order valence-electron chi connectivity index (χ1n) is 8.87. The maximum Gasteiger partial charge on any atom is 0.319 e. The summed E-state index contributed by atoms with van der Waals surface area (Å²) >= 11 is 6.14. The number of halogens is 3. The summed E-state index contributed by atoms with van der Waals surface area (Å²) in [6, 6.07) is 7.46. The summed E-state index contributed by atoms with van der Waals surface area (Å²) in [7, 11) is 0. The van der Waals surface area contributed by atoms with Crippen molar-refractivity contribution in [2.75, 3.05) is 6.54 Å². The van der Waals surface area contributed by atoms with E-state index >= 15 is 0 Å². The first kappa shape index (κ1) is 18.8. The lowest BCUT2D eigenvalue weighted by Gasteiger charge is -2.36. The molecule has 1 aromatic carbocycles. The summed E-state index contributed by atoms with van der Waals surface area (Å²) in [4.78, 5) is 17.0. The Morgan fingerprint density at radius 1 is 1.31 bits per heavy atom. The number of hydrogen-bond donors (Lipinski definition) is 1. The monoisotopic (exact) mass is 381 g/mol. The molecule has 1 N–H and O–H groups in total. The van der Waals surface area contributed by atoms with Gasteiger partial charge < -0.3 is 5.32 Å². The Morgan fingerprint density at radius 2 is 2.08 bits per heavy atom. The number of nitrogens with zero attached hydrogens (tertiary/aromatic N) is 2. The number of imidazole rings is 1. The molecule has 26 heavy (non-hydrogen) atoms. The van der Waals surface area contributed by atoms with Crippen LogP contribution in [0.3, 0.4) is 0 Å². The van der Waals surface area contributed by atoms with E-state index in [0.717, 1.165) is 42.2 Å². The first-order chi connectivity index (χ1) is 12.5. The predicted molar refractivity (Wildman–Crippen MR) is 96.4 cm³/mol. The molecule has 1 aliphatic carbocycles. The molecule has 140 valence electrons. The molecule has 0 bridgehead atoms. The van der Waals surface area contributed by atoms with Crippen LogP contribution in [0.1, 0.15) is 50.0 Å². The first-order valence-corrected chi connectivity index (χ1v) is 9.25. The van der Waals surface area contributed by atoms with Gasteiger partial charge in [0.05, 0.1) is 5.41 Å². The number of alkyl halides is 2. The fraction of sp³-hybridized carbons (Fsp3) is 0.474. The van der Waals surface area contributed by atoms with Gasteiger partial charge >= 0.3 is 6.55 Å². The lowest BCUT2D eigenvalue weighted by atomic mass is 9.68. The highest BCUT2D eigenvalue weighted by molar-refractivity contribution is 6.30. The molecule has 4 nitrogen and oxygen atoms in total. The van der Waals surface area contributed by atoms with Crippen LogP contribution >= 0.6 is 11.6 Å². The smallest absolute Gasteiger partial charge is 0.319 e. The number of benzene rings is 1. The van der Waals surface area contributed by atoms with E-state index < -0.39 is 12.0 Å². The second-order valence-corrected chi connectivity index (χ2v) is 7.12. The molecule has 7 heteroatoms. The third kappa shape index (κ3) is 3.90. The van der Waals surface area contributed by atoms with E-state index in [1.807, 2.05) is 18.2 Å². The number of nitrogens with one attached hydrogen (secondary N) is 1. The van der Waals surface area contributed by atoms with E-state index in [1.54, 1.807) is 6.07 Å². The van der Waals surface area contributed by atoms with Crippen LogP contribution in [-0.2, 0) is 16.6 Å². The van der Waals surface area contributed by atoms with E-state index in [-0.39, 0.29) is 24.7 Å². The molecule has 0 aliphatic heterocycles. The molecule has 0 unspecified atom stereocenters. The highest BCUT2D eigenvalue weighted by Crippen LogP contribution is 2.40. The number of hydrogen-bond acceptors (Lipinski definition) is 2. The van der Waals surface area contributed by atoms with Crippen LogP contribution in [0.4, 0.5) is 8.78 Å². The van der Waals surface area contributed by atoms with E-state index in [0.29, 0.717) is 5.02 Å². The maximum absolute atomic E-state index is 13.0. The van der Waals surface area contributed by atoms with Gasteiger partial charge in [0.15, 0.2) is 0 Å². The van der Waals surface area contributed by atoms with Crippen molar-refractivity contribution in [3.8, 4) is 0 Å². The summed E-state index contributed by atoms with van der Waals surface area (Å²) in [5.74, 6) is 0.204. The van der Waals surface area contributed by atoms with E-state index in [2.05, 4.69) is 10.3 Å². The van der Waals surface area contributed by atoms with Crippen molar-refractivity contribution in [2.45, 2.75) is 50.5 Å². The van der Waals surface area contributed by atoms with Gasteiger partial charge in [-0.25, -0.2) is 4.98 Å². The molecule has 1 heterocycles. The normalized spacial score (nSPS) is 16.6. The Balaban J connectivity index is 1.71. The molecule has 0 spiro atoms. The van der Waals surface area contributed by atoms with Gasteiger partial charge in [-0.05, 0) is 30.5 Å². The number of carbonyl (C=O) groups is 1. The minimum Gasteiger partial charge on any atom is -0.355 e. The second kappa shape index (κ2) is 8.16. The number of carbonyl (C=O) groups excluding carboxylic acids is 1. The zero-order valence-electron chi connectivity index (χ0n) is 14.4. The van der Waals surface area contributed by atoms with Gasteiger partial charge in [0.1, 0.15) is 5.82 Å². The van der Waals surface area contributed by atoms with Crippen molar-refractivity contribution in [1.29, 1.82) is 0 Å². The Kier molecular flexibility index (Phi) is 5.91. The van der Waals surface area contributed by atoms with Crippen LogP contribution in [0, 0.1) is 0 Å². The molecule has 1 amide bonds. The van der Waals surface area contributed by atoms with Crippen LogP contribution in [0.15, 0.2) is 36.7 Å². The van der Waals surface area contributed by atoms with Gasteiger partial charge in [-0.3, -0.25) is 9.36 Å². The van der Waals surface area contributed by atoms with Crippen molar-refractivity contribution < 1.29 is 13.6 Å². The lowest BCUT2D eigenvalue weighted by molar-refractivity contribution is -0.128. The minimum atomic E-state index is -2.63. The van der Waals surface area contributed by atoms with E-state index in [1.165, 1.54) is 12.4 Å². The largest absolute Gasteiger partial charge is 0.355 e. The van der Waals surface area contributed by atoms with Crippen molar-refractivity contribution in [3.63, 3.8) is 0 Å². The molecule has 3 rings (SSSR count). The van der Waals surface area contributed by atoms with Crippen molar-refractivity contribution in [3.05, 3.63) is 53.1 Å². The van der Waals surface area contributed by atoms with Crippen molar-refractivity contribution >= 4 is 17.5 Å². The van der Waals surface area contributed by atoms with E-state index in [4.69, 9.17) is 11.6 Å². The minimum absolute atomic E-state index is 0.0605. The van der Waals surface area contributed by atoms with Gasteiger partial charge in [0.25, 0.3) is 0 Å². The fourth-order valence-corrected chi connectivity index (χ4v) is 3.95. The molecule has 1 aliphatic rings. The van der Waals surface area contributed by atoms with Gasteiger partial charge in [-0.1, -0.05) is 43.0 Å². The summed E-state index contributed by atoms with van der Waals surface area (Å²) in [6.07, 6.45) is 7.46. The molecule has 1 saturated carbocycles. The number of aromatic nitrogens is 2. The van der Waals surface area contributed by atoms with Gasteiger partial charge in [0, 0.05) is 30.4 Å². The molecular weight excluding hydrogens is 360 g/mol. The van der Waals surface area contributed by atoms with Crippen molar-refractivity contribution in [1.82, 2.24) is 14.9 Å². The average Bonchev–Trinajstić information content (AvgIpc) is 3.11. The molecule has 1 fully saturated rings. The fourth-order valence-electron chi connectivity index (χ4n) is 3.76. The Bertz CT molecular complexity index is 757. The van der Waals surface area contributed by atoms with Crippen LogP contribution in [0.2, 0.25) is 5.02 Å². The van der Waals surface area contributed by atoms with Gasteiger partial charge in [0.2, 0.25) is 5.91 Å². The SMILES string of the molecule is O=C(NCCc1nccn1C(F)F)C1(c2cccc(Cl)c2)CCCCC1. The standard InChI is InChI=1S/C19H22ClF2N3O/c20-15-6-4-5-14(13-15)19(8-2-1-3-9-19)17(26)24-10-7-16-23-11-12-25(16)18(21)22/h4-6,11-13,18H,1-3,7-10H2,(H,24,26). The highest BCUT2D eigenvalue weighted by atomic mass is 35.5. The second-order valence-electron chi connectivity index (χ2n) is 6.69. The van der Waals surface area contributed by atoms with Gasteiger partial charge in [-0.15, -0.1) is 0 Å². The van der Waals surface area contributed by atoms with Crippen molar-refractivity contribution in [2.24, 2.45) is 0 Å². The molecule has 0 radical (unpaired) electrons. The molecule has 0 atom stereocenters. The quantitative estimate of drug-likeness (QED) is 0.801. The molecule has 2 aromatic rings. The third-order valence-corrected chi connectivity index (χ3v) is 5.35. The topological polar surface area (TPSA) is 46.9 Å². The average molecular weight is 382 g/mol. The predicted octanol–water partition coefficient (Wildman–Crippen LogP) is 4.49. The Morgan fingerprint density at radius 3 is 2.77 bits per heavy atom. The summed E-state index contributed by atoms with van der Waals surface area (Å²) in [5, 5.41) is 3.55. The summed E-state index contributed by atoms with van der Waals surface area (Å²) < 4.78 is 26.6. The lowest BCUT2D eigenvalue weighted by Crippen LogP contribution is -2.46. The van der Waals surface area contributed by atoms with Crippen LogP contribution in [0.25, 0.3) is 0 Å². The zero-order valence-corrected chi connectivity index (χ0v) is 15.2. The van der Waals surface area contributed by atoms with Crippen LogP contribution in [0.5, 0.6) is 0 Å².